The molecule has 122 valence electrons. The van der Waals surface area contributed by atoms with E-state index in [0.717, 1.165) is 4.40 Å². The molecule has 0 saturated carbocycles. The second-order valence-electron chi connectivity index (χ2n) is 5.41. The van der Waals surface area contributed by atoms with Gasteiger partial charge < -0.3 is 0 Å². The first-order chi connectivity index (χ1) is 10.8. The molecule has 0 atom stereocenters. The van der Waals surface area contributed by atoms with Gasteiger partial charge in [-0.3, -0.25) is 4.40 Å². The zero-order valence-corrected chi connectivity index (χ0v) is 13.8. The minimum atomic E-state index is -4.62. The number of rotatable bonds is 3. The lowest BCUT2D eigenvalue weighted by Gasteiger charge is -2.11. The second kappa shape index (κ2) is 5.83. The Morgan fingerprint density at radius 2 is 2.00 bits per heavy atom. The Hall–Kier alpha value is -1.54. The first kappa shape index (κ1) is 16.3. The SMILES string of the molecule is CC(C)CSc1nc2c(Cl)cccc2n2c(C(F)(F)F)nnc12. The van der Waals surface area contributed by atoms with Crippen molar-refractivity contribution >= 4 is 40.0 Å². The fourth-order valence-electron chi connectivity index (χ4n) is 2.12. The van der Waals surface area contributed by atoms with Gasteiger partial charge in [0.2, 0.25) is 5.82 Å². The number of benzene rings is 1. The highest BCUT2D eigenvalue weighted by Gasteiger charge is 2.38. The van der Waals surface area contributed by atoms with Crippen LogP contribution < -0.4 is 0 Å². The number of fused-ring (bicyclic) bond motifs is 3. The molecule has 23 heavy (non-hydrogen) atoms. The van der Waals surface area contributed by atoms with Crippen molar-refractivity contribution in [2.75, 3.05) is 5.75 Å². The van der Waals surface area contributed by atoms with Gasteiger partial charge in [-0.2, -0.15) is 13.2 Å². The van der Waals surface area contributed by atoms with Crippen molar-refractivity contribution in [3.63, 3.8) is 0 Å². The summed E-state index contributed by atoms with van der Waals surface area (Å²) in [4.78, 5) is 4.41. The summed E-state index contributed by atoms with van der Waals surface area (Å²) in [5, 5.41) is 7.72. The van der Waals surface area contributed by atoms with Crippen molar-refractivity contribution in [1.29, 1.82) is 0 Å². The van der Waals surface area contributed by atoms with E-state index >= 15 is 0 Å². The Bertz CT molecular complexity index is 876. The summed E-state index contributed by atoms with van der Waals surface area (Å²) < 4.78 is 40.7. The predicted molar refractivity (Wildman–Crippen MR) is 83.9 cm³/mol. The minimum Gasteiger partial charge on any atom is -0.267 e. The van der Waals surface area contributed by atoms with Gasteiger partial charge in [0.25, 0.3) is 0 Å². The molecule has 2 aromatic heterocycles. The highest BCUT2D eigenvalue weighted by Crippen LogP contribution is 2.34. The topological polar surface area (TPSA) is 43.1 Å². The molecule has 0 fully saturated rings. The van der Waals surface area contributed by atoms with Gasteiger partial charge in [-0.05, 0) is 18.1 Å². The summed E-state index contributed by atoms with van der Waals surface area (Å²) in [6.45, 7) is 4.03. The molecule has 0 spiro atoms. The van der Waals surface area contributed by atoms with E-state index in [9.17, 15) is 13.2 Å². The van der Waals surface area contributed by atoms with Gasteiger partial charge in [0, 0.05) is 5.75 Å². The lowest BCUT2D eigenvalue weighted by Crippen LogP contribution is -2.12. The number of para-hydroxylation sites is 1. The number of nitrogens with zero attached hydrogens (tertiary/aromatic N) is 4. The summed E-state index contributed by atoms with van der Waals surface area (Å²) in [6.07, 6.45) is -4.62. The van der Waals surface area contributed by atoms with Crippen molar-refractivity contribution < 1.29 is 13.2 Å². The van der Waals surface area contributed by atoms with E-state index in [2.05, 4.69) is 15.2 Å². The van der Waals surface area contributed by atoms with E-state index < -0.39 is 12.0 Å². The third kappa shape index (κ3) is 2.97. The zero-order chi connectivity index (χ0) is 16.8. The summed E-state index contributed by atoms with van der Waals surface area (Å²) in [5.41, 5.74) is 0.634. The Morgan fingerprint density at radius 3 is 2.65 bits per heavy atom. The molecule has 3 rings (SSSR count). The normalized spacial score (nSPS) is 12.7. The van der Waals surface area contributed by atoms with Gasteiger partial charge in [0.1, 0.15) is 10.5 Å². The van der Waals surface area contributed by atoms with Crippen LogP contribution in [0.2, 0.25) is 5.02 Å². The lowest BCUT2D eigenvalue weighted by atomic mass is 10.3. The average molecular weight is 361 g/mol. The summed E-state index contributed by atoms with van der Waals surface area (Å²) in [6, 6.07) is 4.70. The van der Waals surface area contributed by atoms with E-state index in [1.807, 2.05) is 13.8 Å². The zero-order valence-electron chi connectivity index (χ0n) is 12.2. The van der Waals surface area contributed by atoms with E-state index in [0.29, 0.717) is 22.2 Å². The van der Waals surface area contributed by atoms with Crippen molar-refractivity contribution in [1.82, 2.24) is 19.6 Å². The number of hydrogen-bond acceptors (Lipinski definition) is 4. The molecule has 9 heteroatoms. The lowest BCUT2D eigenvalue weighted by molar-refractivity contribution is -0.145. The highest BCUT2D eigenvalue weighted by molar-refractivity contribution is 7.99. The maximum Gasteiger partial charge on any atom is 0.452 e. The third-order valence-corrected chi connectivity index (χ3v) is 4.77. The van der Waals surface area contributed by atoms with Gasteiger partial charge in [0.15, 0.2) is 5.65 Å². The Morgan fingerprint density at radius 1 is 1.26 bits per heavy atom. The van der Waals surface area contributed by atoms with E-state index in [1.165, 1.54) is 17.8 Å². The fourth-order valence-corrected chi connectivity index (χ4v) is 3.24. The molecule has 0 N–H and O–H groups in total. The van der Waals surface area contributed by atoms with Crippen molar-refractivity contribution in [3.05, 3.63) is 29.0 Å². The number of aromatic nitrogens is 4. The highest BCUT2D eigenvalue weighted by atomic mass is 35.5. The van der Waals surface area contributed by atoms with Crippen LogP contribution in [-0.4, -0.2) is 25.3 Å². The van der Waals surface area contributed by atoms with E-state index in [1.54, 1.807) is 12.1 Å². The largest absolute Gasteiger partial charge is 0.452 e. The fraction of sp³-hybridized carbons (Fsp3) is 0.357. The van der Waals surface area contributed by atoms with Gasteiger partial charge >= 0.3 is 6.18 Å². The molecule has 4 nitrogen and oxygen atoms in total. The molecule has 0 saturated heterocycles. The van der Waals surface area contributed by atoms with Crippen LogP contribution in [0.3, 0.4) is 0 Å². The first-order valence-corrected chi connectivity index (χ1v) is 8.18. The molecule has 0 bridgehead atoms. The Balaban J connectivity index is 2.35. The van der Waals surface area contributed by atoms with Crippen LogP contribution in [0.25, 0.3) is 16.7 Å². The molecular formula is C14H12ClF3N4S. The number of alkyl halides is 3. The Labute approximate surface area is 139 Å². The molecule has 0 aliphatic carbocycles. The van der Waals surface area contributed by atoms with Gasteiger partial charge in [0.05, 0.1) is 10.5 Å². The van der Waals surface area contributed by atoms with Gasteiger partial charge in [-0.1, -0.05) is 31.5 Å². The maximum absolute atomic E-state index is 13.2. The van der Waals surface area contributed by atoms with Crippen molar-refractivity contribution in [2.45, 2.75) is 25.0 Å². The van der Waals surface area contributed by atoms with E-state index in [4.69, 9.17) is 11.6 Å². The predicted octanol–water partition coefficient (Wildman–Crippen LogP) is 4.70. The summed E-state index contributed by atoms with van der Waals surface area (Å²) >= 11 is 7.46. The van der Waals surface area contributed by atoms with Crippen LogP contribution in [0, 0.1) is 5.92 Å². The maximum atomic E-state index is 13.2. The smallest absolute Gasteiger partial charge is 0.267 e. The standard InChI is InChI=1S/C14H12ClF3N4S/c1-7(2)6-23-12-11-20-21-13(14(16,17)18)22(11)9-5-3-4-8(15)10(9)19-12/h3-5,7H,6H2,1-2H3. The van der Waals surface area contributed by atoms with Crippen LogP contribution in [0.1, 0.15) is 19.7 Å². The monoisotopic (exact) mass is 360 g/mol. The van der Waals surface area contributed by atoms with Crippen LogP contribution in [0.4, 0.5) is 13.2 Å². The van der Waals surface area contributed by atoms with Crippen molar-refractivity contribution in [3.8, 4) is 0 Å². The molecule has 0 unspecified atom stereocenters. The molecular weight excluding hydrogens is 349 g/mol. The molecule has 2 heterocycles. The van der Waals surface area contributed by atoms with Gasteiger partial charge in [-0.25, -0.2) is 4.98 Å². The van der Waals surface area contributed by atoms with Crippen molar-refractivity contribution in [2.24, 2.45) is 5.92 Å². The third-order valence-electron chi connectivity index (χ3n) is 3.08. The van der Waals surface area contributed by atoms with Crippen LogP contribution >= 0.6 is 23.4 Å². The quantitative estimate of drug-likeness (QED) is 0.635. The molecule has 0 aliphatic heterocycles. The summed E-state index contributed by atoms with van der Waals surface area (Å²) in [7, 11) is 0. The summed E-state index contributed by atoms with van der Waals surface area (Å²) in [5.74, 6) is -0.0188. The number of thioether (sulfide) groups is 1. The molecule has 3 aromatic rings. The second-order valence-corrected chi connectivity index (χ2v) is 6.83. The van der Waals surface area contributed by atoms with Crippen LogP contribution in [-0.2, 0) is 6.18 Å². The average Bonchev–Trinajstić information content (AvgIpc) is 2.90. The molecule has 1 aromatic carbocycles. The first-order valence-electron chi connectivity index (χ1n) is 6.82. The van der Waals surface area contributed by atoms with Gasteiger partial charge in [-0.15, -0.1) is 22.0 Å². The van der Waals surface area contributed by atoms with E-state index in [-0.39, 0.29) is 16.2 Å². The molecule has 0 amide bonds. The Kier molecular flexibility index (Phi) is 4.14. The van der Waals surface area contributed by atoms with Crippen LogP contribution in [0.5, 0.6) is 0 Å². The minimum absolute atomic E-state index is 0.0951. The molecule has 0 aliphatic rings. The van der Waals surface area contributed by atoms with Crippen LogP contribution in [0.15, 0.2) is 23.2 Å². The number of halogens is 4. The molecule has 0 radical (unpaired) electrons. The number of hydrogen-bond donors (Lipinski definition) is 0.